The van der Waals surface area contributed by atoms with Crippen LogP contribution in [-0.2, 0) is 14.4 Å². The predicted molar refractivity (Wildman–Crippen MR) is 74.1 cm³/mol. The van der Waals surface area contributed by atoms with Crippen LogP contribution in [0.1, 0.15) is 58.3 Å². The van der Waals surface area contributed by atoms with Crippen molar-refractivity contribution in [2.24, 2.45) is 0 Å². The topological polar surface area (TPSA) is 95.5 Å². The van der Waals surface area contributed by atoms with Gasteiger partial charge in [0.25, 0.3) is 0 Å². The highest BCUT2D eigenvalue weighted by Crippen LogP contribution is 2.30. The molecule has 0 heterocycles. The number of carbonyl (C=O) groups is 3. The van der Waals surface area contributed by atoms with Crippen molar-refractivity contribution < 1.29 is 19.5 Å². The van der Waals surface area contributed by atoms with Crippen molar-refractivity contribution in [2.75, 3.05) is 6.54 Å². The highest BCUT2D eigenvalue weighted by Gasteiger charge is 2.42. The molecule has 1 saturated carbocycles. The van der Waals surface area contributed by atoms with Gasteiger partial charge in [-0.15, -0.1) is 0 Å². The van der Waals surface area contributed by atoms with Gasteiger partial charge in [0.2, 0.25) is 11.8 Å². The number of hydrogen-bond donors (Lipinski definition) is 3. The van der Waals surface area contributed by atoms with E-state index in [9.17, 15) is 19.5 Å². The van der Waals surface area contributed by atoms with Crippen LogP contribution in [0.2, 0.25) is 0 Å². The lowest BCUT2D eigenvalue weighted by atomic mass is 9.97. The van der Waals surface area contributed by atoms with Gasteiger partial charge in [0, 0.05) is 19.4 Å². The molecule has 1 fully saturated rings. The third kappa shape index (κ3) is 4.83. The first-order valence-electron chi connectivity index (χ1n) is 7.31. The van der Waals surface area contributed by atoms with Crippen LogP contribution in [0.3, 0.4) is 0 Å². The molecule has 0 bridgehead atoms. The van der Waals surface area contributed by atoms with Crippen LogP contribution in [0.4, 0.5) is 0 Å². The summed E-state index contributed by atoms with van der Waals surface area (Å²) < 4.78 is 0. The van der Waals surface area contributed by atoms with Gasteiger partial charge in [0.1, 0.15) is 5.54 Å². The van der Waals surface area contributed by atoms with Crippen LogP contribution in [0.25, 0.3) is 0 Å². The van der Waals surface area contributed by atoms with E-state index in [-0.39, 0.29) is 18.2 Å². The maximum absolute atomic E-state index is 11.8. The Morgan fingerprint density at radius 3 is 2.25 bits per heavy atom. The Labute approximate surface area is 119 Å². The number of carbonyl (C=O) groups excluding carboxylic acids is 2. The fourth-order valence-corrected chi connectivity index (χ4v) is 2.46. The number of hydrogen-bond acceptors (Lipinski definition) is 3. The van der Waals surface area contributed by atoms with E-state index >= 15 is 0 Å². The van der Waals surface area contributed by atoms with Gasteiger partial charge in [-0.1, -0.05) is 19.8 Å². The molecule has 0 aromatic rings. The molecule has 6 heteroatoms. The summed E-state index contributed by atoms with van der Waals surface area (Å²) in [5.41, 5.74) is -1.08. The molecule has 0 aromatic heterocycles. The highest BCUT2D eigenvalue weighted by molar-refractivity contribution is 5.87. The van der Waals surface area contributed by atoms with Gasteiger partial charge in [-0.25, -0.2) is 4.79 Å². The van der Waals surface area contributed by atoms with Gasteiger partial charge >= 0.3 is 5.97 Å². The van der Waals surface area contributed by atoms with Crippen LogP contribution in [-0.4, -0.2) is 35.0 Å². The maximum atomic E-state index is 11.8. The minimum absolute atomic E-state index is 0.0616. The van der Waals surface area contributed by atoms with Gasteiger partial charge in [-0.05, 0) is 25.7 Å². The zero-order chi connectivity index (χ0) is 15.0. The average molecular weight is 284 g/mol. The molecule has 0 unspecified atom stereocenters. The van der Waals surface area contributed by atoms with E-state index in [4.69, 9.17) is 0 Å². The van der Waals surface area contributed by atoms with Crippen molar-refractivity contribution in [1.82, 2.24) is 10.6 Å². The summed E-state index contributed by atoms with van der Waals surface area (Å²) in [4.78, 5) is 34.4. The number of amides is 2. The lowest BCUT2D eigenvalue weighted by Crippen LogP contribution is -2.52. The summed E-state index contributed by atoms with van der Waals surface area (Å²) in [6, 6.07) is 0. The van der Waals surface area contributed by atoms with E-state index in [1.165, 1.54) is 0 Å². The number of rotatable bonds is 8. The zero-order valence-electron chi connectivity index (χ0n) is 12.0. The summed E-state index contributed by atoms with van der Waals surface area (Å²) in [5.74, 6) is -1.30. The number of aliphatic carboxylic acids is 1. The molecule has 0 atom stereocenters. The second-order valence-electron chi connectivity index (χ2n) is 5.35. The first-order chi connectivity index (χ1) is 9.50. The molecule has 0 spiro atoms. The van der Waals surface area contributed by atoms with Crippen molar-refractivity contribution in [2.45, 2.75) is 63.8 Å². The summed E-state index contributed by atoms with van der Waals surface area (Å²) in [6.07, 6.45) is 4.45. The standard InChI is InChI=1S/C14H24N2O4/c1-2-10-15-11(17)6-5-7-12(18)16-14(13(19)20)8-3-4-9-14/h2-10H2,1H3,(H,15,17)(H,16,18)(H,19,20). The molecular formula is C14H24N2O4. The first kappa shape index (κ1) is 16.5. The van der Waals surface area contributed by atoms with Crippen LogP contribution >= 0.6 is 0 Å². The zero-order valence-corrected chi connectivity index (χ0v) is 12.0. The average Bonchev–Trinajstić information content (AvgIpc) is 2.86. The molecule has 1 rings (SSSR count). The van der Waals surface area contributed by atoms with Crippen LogP contribution in [0.15, 0.2) is 0 Å². The lowest BCUT2D eigenvalue weighted by Gasteiger charge is -2.25. The molecule has 0 aliphatic heterocycles. The van der Waals surface area contributed by atoms with E-state index in [2.05, 4.69) is 10.6 Å². The third-order valence-corrected chi connectivity index (χ3v) is 3.63. The molecule has 114 valence electrons. The van der Waals surface area contributed by atoms with Crippen LogP contribution < -0.4 is 10.6 Å². The van der Waals surface area contributed by atoms with Crippen molar-refractivity contribution in [1.29, 1.82) is 0 Å². The number of nitrogens with one attached hydrogen (secondary N) is 2. The van der Waals surface area contributed by atoms with Gasteiger partial charge in [-0.2, -0.15) is 0 Å². The fraction of sp³-hybridized carbons (Fsp3) is 0.786. The monoisotopic (exact) mass is 284 g/mol. The molecule has 3 N–H and O–H groups in total. The second-order valence-corrected chi connectivity index (χ2v) is 5.35. The molecule has 1 aliphatic carbocycles. The van der Waals surface area contributed by atoms with Gasteiger partial charge in [-0.3, -0.25) is 9.59 Å². The van der Waals surface area contributed by atoms with Gasteiger partial charge in [0.15, 0.2) is 0 Å². The Balaban J connectivity index is 2.29. The van der Waals surface area contributed by atoms with Gasteiger partial charge in [0.05, 0.1) is 0 Å². The minimum atomic E-state index is -1.08. The molecule has 6 nitrogen and oxygen atoms in total. The molecule has 1 aliphatic rings. The number of carboxylic acid groups (broad SMARTS) is 1. The normalized spacial score (nSPS) is 16.6. The Bertz CT molecular complexity index is 362. The molecule has 20 heavy (non-hydrogen) atoms. The SMILES string of the molecule is CCCNC(=O)CCCC(=O)NC1(C(=O)O)CCCC1. The van der Waals surface area contributed by atoms with E-state index < -0.39 is 11.5 Å². The van der Waals surface area contributed by atoms with Crippen molar-refractivity contribution in [3.8, 4) is 0 Å². The third-order valence-electron chi connectivity index (χ3n) is 3.63. The van der Waals surface area contributed by atoms with Gasteiger partial charge < -0.3 is 15.7 Å². The summed E-state index contributed by atoms with van der Waals surface area (Å²) >= 11 is 0. The van der Waals surface area contributed by atoms with Crippen molar-refractivity contribution in [3.05, 3.63) is 0 Å². The molecule has 0 saturated heterocycles. The Hall–Kier alpha value is -1.59. The predicted octanol–water partition coefficient (Wildman–Crippen LogP) is 1.20. The van der Waals surface area contributed by atoms with Crippen LogP contribution in [0.5, 0.6) is 0 Å². The Morgan fingerprint density at radius 2 is 1.70 bits per heavy atom. The molecule has 0 radical (unpaired) electrons. The van der Waals surface area contributed by atoms with E-state index in [0.717, 1.165) is 19.3 Å². The van der Waals surface area contributed by atoms with E-state index in [1.807, 2.05) is 6.92 Å². The van der Waals surface area contributed by atoms with E-state index in [0.29, 0.717) is 32.2 Å². The molecule has 0 aromatic carbocycles. The summed E-state index contributed by atoms with van der Waals surface area (Å²) in [7, 11) is 0. The molecular weight excluding hydrogens is 260 g/mol. The Morgan fingerprint density at radius 1 is 1.10 bits per heavy atom. The lowest BCUT2D eigenvalue weighted by molar-refractivity contribution is -0.147. The highest BCUT2D eigenvalue weighted by atomic mass is 16.4. The van der Waals surface area contributed by atoms with E-state index in [1.54, 1.807) is 0 Å². The summed E-state index contributed by atoms with van der Waals surface area (Å²) in [6.45, 7) is 2.62. The number of carboxylic acids is 1. The quantitative estimate of drug-likeness (QED) is 0.624. The smallest absolute Gasteiger partial charge is 0.329 e. The van der Waals surface area contributed by atoms with Crippen LogP contribution in [0, 0.1) is 0 Å². The largest absolute Gasteiger partial charge is 0.480 e. The molecule has 2 amide bonds. The minimum Gasteiger partial charge on any atom is -0.480 e. The summed E-state index contributed by atoms with van der Waals surface area (Å²) in [5, 5.41) is 14.6. The Kier molecular flexibility index (Phi) is 6.48. The second kappa shape index (κ2) is 7.87. The first-order valence-corrected chi connectivity index (χ1v) is 7.31. The van der Waals surface area contributed by atoms with Crippen molar-refractivity contribution >= 4 is 17.8 Å². The van der Waals surface area contributed by atoms with Crippen molar-refractivity contribution in [3.63, 3.8) is 0 Å². The fourth-order valence-electron chi connectivity index (χ4n) is 2.46. The maximum Gasteiger partial charge on any atom is 0.329 e.